The summed E-state index contributed by atoms with van der Waals surface area (Å²) in [5.41, 5.74) is 0.243. The number of ether oxygens (including phenoxy) is 1. The van der Waals surface area contributed by atoms with Crippen molar-refractivity contribution in [2.45, 2.75) is 32.6 Å². The predicted molar refractivity (Wildman–Crippen MR) is 121 cm³/mol. The van der Waals surface area contributed by atoms with E-state index in [1.54, 1.807) is 36.1 Å². The first-order valence-corrected chi connectivity index (χ1v) is 11.0. The van der Waals surface area contributed by atoms with E-state index in [4.69, 9.17) is 4.74 Å². The summed E-state index contributed by atoms with van der Waals surface area (Å²) in [6, 6.07) is 16.9. The number of aromatic nitrogens is 2. The van der Waals surface area contributed by atoms with E-state index in [1.807, 2.05) is 30.3 Å². The average molecular weight is 434 g/mol. The van der Waals surface area contributed by atoms with Crippen molar-refractivity contribution in [2.75, 3.05) is 19.7 Å². The van der Waals surface area contributed by atoms with Gasteiger partial charge in [0, 0.05) is 18.5 Å². The summed E-state index contributed by atoms with van der Waals surface area (Å²) in [4.78, 5) is 40.3. The van der Waals surface area contributed by atoms with Crippen LogP contribution in [0.4, 0.5) is 0 Å². The minimum absolute atomic E-state index is 0.197. The summed E-state index contributed by atoms with van der Waals surface area (Å²) < 4.78 is 5.45. The lowest BCUT2D eigenvalue weighted by Crippen LogP contribution is -2.51. The van der Waals surface area contributed by atoms with Crippen LogP contribution in [0.15, 0.2) is 59.4 Å². The van der Waals surface area contributed by atoms with Crippen molar-refractivity contribution in [2.24, 2.45) is 5.41 Å². The molecular formula is C25H27N3O4. The maximum Gasteiger partial charge on any atom is 0.313 e. The van der Waals surface area contributed by atoms with E-state index in [-0.39, 0.29) is 29.7 Å². The molecule has 3 aromatic rings. The van der Waals surface area contributed by atoms with Crippen molar-refractivity contribution < 1.29 is 14.3 Å². The molecule has 1 unspecified atom stereocenters. The maximum absolute atomic E-state index is 13.5. The molecule has 1 atom stereocenters. The van der Waals surface area contributed by atoms with E-state index in [0.717, 1.165) is 12.0 Å². The molecule has 1 aliphatic rings. The number of nitrogens with one attached hydrogen (secondary N) is 1. The monoisotopic (exact) mass is 433 g/mol. The number of aromatic amines is 1. The number of H-pyrrole nitrogens is 1. The first-order valence-electron chi connectivity index (χ1n) is 11.0. The molecule has 2 heterocycles. The van der Waals surface area contributed by atoms with Gasteiger partial charge in [-0.25, -0.2) is 5.10 Å². The quantitative estimate of drug-likeness (QED) is 0.602. The Morgan fingerprint density at radius 1 is 1.09 bits per heavy atom. The lowest BCUT2D eigenvalue weighted by molar-refractivity contribution is -0.159. The zero-order valence-corrected chi connectivity index (χ0v) is 18.2. The zero-order chi connectivity index (χ0) is 22.6. The van der Waals surface area contributed by atoms with Crippen LogP contribution in [0.2, 0.25) is 0 Å². The van der Waals surface area contributed by atoms with Gasteiger partial charge in [0.2, 0.25) is 0 Å². The van der Waals surface area contributed by atoms with Crippen LogP contribution >= 0.6 is 0 Å². The van der Waals surface area contributed by atoms with Gasteiger partial charge in [-0.1, -0.05) is 48.5 Å². The first-order chi connectivity index (χ1) is 15.5. The molecule has 4 rings (SSSR count). The van der Waals surface area contributed by atoms with Gasteiger partial charge in [-0.05, 0) is 44.2 Å². The van der Waals surface area contributed by atoms with Crippen LogP contribution in [0.25, 0.3) is 10.8 Å². The molecule has 32 heavy (non-hydrogen) atoms. The Morgan fingerprint density at radius 3 is 2.56 bits per heavy atom. The Hall–Kier alpha value is -3.48. The van der Waals surface area contributed by atoms with E-state index in [1.165, 1.54) is 0 Å². The third-order valence-electron chi connectivity index (χ3n) is 6.21. The number of aryl methyl sites for hydroxylation is 1. The van der Waals surface area contributed by atoms with E-state index < -0.39 is 5.41 Å². The maximum atomic E-state index is 13.5. The third kappa shape index (κ3) is 4.28. The number of piperidine rings is 1. The summed E-state index contributed by atoms with van der Waals surface area (Å²) in [7, 11) is 0. The second-order valence-corrected chi connectivity index (χ2v) is 8.26. The van der Waals surface area contributed by atoms with E-state index >= 15 is 0 Å². The molecule has 0 saturated carbocycles. The minimum atomic E-state index is -0.766. The standard InChI is InChI=1S/C25H27N3O4/c1-2-32-24(31)25(15-13-18-9-4-3-5-10-18)14-8-16-28(17-25)23(30)21-19-11-6-7-12-20(19)22(29)27-26-21/h3-7,9-12H,2,8,13-17H2,1H3,(H,27,29). The van der Waals surface area contributed by atoms with Crippen molar-refractivity contribution >= 4 is 22.6 Å². The fourth-order valence-electron chi connectivity index (χ4n) is 4.52. The van der Waals surface area contributed by atoms with Gasteiger partial charge < -0.3 is 9.64 Å². The molecule has 1 fully saturated rings. The van der Waals surface area contributed by atoms with Crippen LogP contribution in [0, 0.1) is 5.41 Å². The van der Waals surface area contributed by atoms with Gasteiger partial charge in [-0.15, -0.1) is 0 Å². The number of esters is 1. The molecule has 0 spiro atoms. The van der Waals surface area contributed by atoms with Crippen molar-refractivity contribution in [3.63, 3.8) is 0 Å². The van der Waals surface area contributed by atoms with Crippen LogP contribution in [0.5, 0.6) is 0 Å². The molecule has 0 bridgehead atoms. The summed E-state index contributed by atoms with van der Waals surface area (Å²) in [5, 5.41) is 7.42. The minimum Gasteiger partial charge on any atom is -0.466 e. The lowest BCUT2D eigenvalue weighted by Gasteiger charge is -2.41. The van der Waals surface area contributed by atoms with E-state index in [2.05, 4.69) is 10.2 Å². The van der Waals surface area contributed by atoms with Gasteiger partial charge in [-0.3, -0.25) is 14.4 Å². The fourth-order valence-corrected chi connectivity index (χ4v) is 4.52. The van der Waals surface area contributed by atoms with E-state index in [0.29, 0.717) is 43.2 Å². The SMILES string of the molecule is CCOC(=O)C1(CCc2ccccc2)CCCN(C(=O)c2n[nH]c(=O)c3ccccc23)C1. The first kappa shape index (κ1) is 21.7. The van der Waals surface area contributed by atoms with Crippen LogP contribution in [0.3, 0.4) is 0 Å². The Labute approximate surface area is 186 Å². The van der Waals surface area contributed by atoms with E-state index in [9.17, 15) is 14.4 Å². The number of fused-ring (bicyclic) bond motifs is 1. The molecule has 1 aromatic heterocycles. The number of hydrogen-bond donors (Lipinski definition) is 1. The molecular weight excluding hydrogens is 406 g/mol. The number of nitrogens with zero attached hydrogens (tertiary/aromatic N) is 2. The molecule has 1 saturated heterocycles. The third-order valence-corrected chi connectivity index (χ3v) is 6.21. The Bertz CT molecular complexity index is 1170. The smallest absolute Gasteiger partial charge is 0.313 e. The van der Waals surface area contributed by atoms with Gasteiger partial charge >= 0.3 is 5.97 Å². The van der Waals surface area contributed by atoms with Crippen molar-refractivity contribution in [3.8, 4) is 0 Å². The highest BCUT2D eigenvalue weighted by Crippen LogP contribution is 2.37. The largest absolute Gasteiger partial charge is 0.466 e. The molecule has 0 radical (unpaired) electrons. The number of rotatable bonds is 6. The van der Waals surface area contributed by atoms with Gasteiger partial charge in [0.25, 0.3) is 11.5 Å². The number of hydrogen-bond acceptors (Lipinski definition) is 5. The van der Waals surface area contributed by atoms with Gasteiger partial charge in [0.15, 0.2) is 5.69 Å². The highest BCUT2D eigenvalue weighted by Gasteiger charge is 2.44. The predicted octanol–water partition coefficient (Wildman–Crippen LogP) is 3.34. The van der Waals surface area contributed by atoms with Gasteiger partial charge in [0.05, 0.1) is 17.4 Å². The van der Waals surface area contributed by atoms with Crippen LogP contribution in [-0.4, -0.2) is 46.7 Å². The zero-order valence-electron chi connectivity index (χ0n) is 18.2. The number of carbonyl (C=O) groups is 2. The molecule has 1 aliphatic heterocycles. The molecule has 1 N–H and O–H groups in total. The highest BCUT2D eigenvalue weighted by atomic mass is 16.5. The van der Waals surface area contributed by atoms with Crippen LogP contribution in [-0.2, 0) is 16.0 Å². The highest BCUT2D eigenvalue weighted by molar-refractivity contribution is 6.04. The van der Waals surface area contributed by atoms with Gasteiger partial charge in [0.1, 0.15) is 0 Å². The lowest BCUT2D eigenvalue weighted by atomic mass is 9.75. The number of carbonyl (C=O) groups excluding carboxylic acids is 2. The number of amides is 1. The summed E-state index contributed by atoms with van der Waals surface area (Å²) in [6.07, 6.45) is 2.68. The second kappa shape index (κ2) is 9.34. The van der Waals surface area contributed by atoms with Crippen LogP contribution < -0.4 is 5.56 Å². The van der Waals surface area contributed by atoms with Crippen molar-refractivity contribution in [3.05, 3.63) is 76.2 Å². The normalized spacial score (nSPS) is 18.5. The molecule has 1 amide bonds. The summed E-state index contributed by atoms with van der Waals surface area (Å²) >= 11 is 0. The molecule has 7 heteroatoms. The molecule has 0 aliphatic carbocycles. The fraction of sp³-hybridized carbons (Fsp3) is 0.360. The average Bonchev–Trinajstić information content (AvgIpc) is 2.84. The molecule has 2 aromatic carbocycles. The Kier molecular flexibility index (Phi) is 6.35. The van der Waals surface area contributed by atoms with Crippen molar-refractivity contribution in [1.82, 2.24) is 15.1 Å². The summed E-state index contributed by atoms with van der Waals surface area (Å²) in [6.45, 7) is 2.89. The summed E-state index contributed by atoms with van der Waals surface area (Å²) in [5.74, 6) is -0.543. The topological polar surface area (TPSA) is 92.4 Å². The molecule has 7 nitrogen and oxygen atoms in total. The molecule has 166 valence electrons. The van der Waals surface area contributed by atoms with Gasteiger partial charge in [-0.2, -0.15) is 5.10 Å². The Balaban J connectivity index is 1.63. The van der Waals surface area contributed by atoms with Crippen molar-refractivity contribution in [1.29, 1.82) is 0 Å². The number of benzene rings is 2. The Morgan fingerprint density at radius 2 is 1.81 bits per heavy atom. The second-order valence-electron chi connectivity index (χ2n) is 8.26. The number of likely N-dealkylation sites (tertiary alicyclic amines) is 1. The van der Waals surface area contributed by atoms with Crippen LogP contribution in [0.1, 0.15) is 42.2 Å².